The van der Waals surface area contributed by atoms with Crippen molar-refractivity contribution in [2.75, 3.05) is 24.4 Å². The molecule has 0 radical (unpaired) electrons. The number of anilines is 2. The SMILES string of the molecule is COc1ccc(C(=O)[C@@H]2C3C=Cc4ccccc4N3[C@H](C(=O)c3ccc(OC)cc3)[C@]23C(=O)Nc2ccccc23)cc1. The summed E-state index contributed by atoms with van der Waals surface area (Å²) in [4.78, 5) is 46.0. The summed E-state index contributed by atoms with van der Waals surface area (Å²) in [5.74, 6) is -0.474. The van der Waals surface area contributed by atoms with E-state index in [4.69, 9.17) is 9.47 Å². The summed E-state index contributed by atoms with van der Waals surface area (Å²) in [6, 6.07) is 27.4. The minimum Gasteiger partial charge on any atom is -0.497 e. The highest BCUT2D eigenvalue weighted by Gasteiger charge is 2.70. The van der Waals surface area contributed by atoms with Gasteiger partial charge in [0.25, 0.3) is 0 Å². The van der Waals surface area contributed by atoms with E-state index in [-0.39, 0.29) is 17.5 Å². The van der Waals surface area contributed by atoms with Crippen LogP contribution in [0.2, 0.25) is 0 Å². The van der Waals surface area contributed by atoms with Crippen molar-refractivity contribution in [2.24, 2.45) is 5.92 Å². The normalized spacial score (nSPS) is 23.1. The summed E-state index contributed by atoms with van der Waals surface area (Å²) < 4.78 is 10.7. The highest BCUT2D eigenvalue weighted by atomic mass is 16.5. The third-order valence-corrected chi connectivity index (χ3v) is 8.83. The van der Waals surface area contributed by atoms with E-state index < -0.39 is 23.4 Å². The monoisotopic (exact) mass is 556 g/mol. The first-order valence-electron chi connectivity index (χ1n) is 13.8. The Morgan fingerprint density at radius 3 is 2.02 bits per heavy atom. The molecule has 4 aromatic rings. The van der Waals surface area contributed by atoms with Gasteiger partial charge in [0, 0.05) is 22.5 Å². The number of benzene rings is 4. The molecule has 4 aromatic carbocycles. The number of carbonyl (C=O) groups excluding carboxylic acids is 3. The fourth-order valence-electron chi connectivity index (χ4n) is 6.99. The zero-order valence-electron chi connectivity index (χ0n) is 23.1. The Balaban J connectivity index is 1.50. The molecule has 1 saturated heterocycles. The van der Waals surface area contributed by atoms with Crippen LogP contribution in [0.4, 0.5) is 11.4 Å². The Bertz CT molecular complexity index is 1760. The lowest BCUT2D eigenvalue weighted by Crippen LogP contribution is -2.55. The molecule has 3 heterocycles. The Labute approximate surface area is 243 Å². The molecule has 7 rings (SSSR count). The summed E-state index contributed by atoms with van der Waals surface area (Å²) in [5.41, 5.74) is 2.35. The number of para-hydroxylation sites is 2. The average Bonchev–Trinajstić information content (AvgIpc) is 3.52. The average molecular weight is 557 g/mol. The third-order valence-electron chi connectivity index (χ3n) is 8.83. The van der Waals surface area contributed by atoms with Crippen molar-refractivity contribution in [3.63, 3.8) is 0 Å². The van der Waals surface area contributed by atoms with Crippen LogP contribution in [-0.2, 0) is 10.2 Å². The molecule has 0 bridgehead atoms. The first-order chi connectivity index (χ1) is 20.5. The van der Waals surface area contributed by atoms with Gasteiger partial charge in [-0.05, 0) is 71.8 Å². The van der Waals surface area contributed by atoms with Crippen LogP contribution in [0.25, 0.3) is 6.08 Å². The quantitative estimate of drug-likeness (QED) is 0.313. The number of nitrogens with one attached hydrogen (secondary N) is 1. The molecule has 1 amide bonds. The summed E-state index contributed by atoms with van der Waals surface area (Å²) in [5, 5.41) is 3.04. The molecule has 7 heteroatoms. The largest absolute Gasteiger partial charge is 0.497 e. The Hall–Kier alpha value is -5.17. The summed E-state index contributed by atoms with van der Waals surface area (Å²) in [7, 11) is 3.14. The van der Waals surface area contributed by atoms with Crippen molar-refractivity contribution in [3.8, 4) is 11.5 Å². The summed E-state index contributed by atoms with van der Waals surface area (Å²) in [6.07, 6.45) is 3.95. The molecule has 1 fully saturated rings. The van der Waals surface area contributed by atoms with Crippen LogP contribution in [0.3, 0.4) is 0 Å². The van der Waals surface area contributed by atoms with Crippen molar-refractivity contribution in [3.05, 3.63) is 125 Å². The van der Waals surface area contributed by atoms with Crippen molar-refractivity contribution in [1.82, 2.24) is 0 Å². The predicted octanol–water partition coefficient (Wildman–Crippen LogP) is 5.56. The molecule has 4 atom stereocenters. The van der Waals surface area contributed by atoms with Gasteiger partial charge in [-0.2, -0.15) is 0 Å². The Morgan fingerprint density at radius 2 is 1.36 bits per heavy atom. The molecule has 1 spiro atoms. The Kier molecular flexibility index (Phi) is 5.97. The smallest absolute Gasteiger partial charge is 0.238 e. The first kappa shape index (κ1) is 25.8. The second-order valence-electron chi connectivity index (χ2n) is 10.8. The number of amides is 1. The maximum Gasteiger partial charge on any atom is 0.238 e. The van der Waals surface area contributed by atoms with Crippen molar-refractivity contribution in [2.45, 2.75) is 17.5 Å². The van der Waals surface area contributed by atoms with Gasteiger partial charge in [0.15, 0.2) is 11.6 Å². The van der Waals surface area contributed by atoms with Gasteiger partial charge in [0.2, 0.25) is 5.91 Å². The van der Waals surface area contributed by atoms with Crippen LogP contribution in [-0.4, -0.2) is 43.8 Å². The van der Waals surface area contributed by atoms with E-state index in [1.54, 1.807) is 62.8 Å². The second-order valence-corrected chi connectivity index (χ2v) is 10.8. The Morgan fingerprint density at radius 1 is 0.762 bits per heavy atom. The molecule has 1 N–H and O–H groups in total. The van der Waals surface area contributed by atoms with Gasteiger partial charge in [-0.3, -0.25) is 14.4 Å². The fourth-order valence-corrected chi connectivity index (χ4v) is 6.99. The molecule has 0 aromatic heterocycles. The number of nitrogens with zero attached hydrogens (tertiary/aromatic N) is 1. The summed E-state index contributed by atoms with van der Waals surface area (Å²) in [6.45, 7) is 0. The zero-order valence-corrected chi connectivity index (χ0v) is 23.1. The van der Waals surface area contributed by atoms with E-state index in [1.807, 2.05) is 65.6 Å². The first-order valence-corrected chi connectivity index (χ1v) is 13.8. The summed E-state index contributed by atoms with van der Waals surface area (Å²) >= 11 is 0. The van der Waals surface area contributed by atoms with Crippen molar-refractivity contribution < 1.29 is 23.9 Å². The standard InChI is InChI=1S/C35H28N2O5/c1-41-24-16-11-22(12-17-24)31(38)30-29-20-15-21-7-3-6-10-28(21)37(29)33(32(39)23-13-18-25(42-2)19-14-23)35(30)26-8-4-5-9-27(26)36-34(35)40/h3-20,29-30,33H,1-2H3,(H,36,40)/t29?,30-,33+,35+/m0/s1. The maximum absolute atomic E-state index is 14.8. The molecule has 0 aliphatic carbocycles. The minimum atomic E-state index is -1.50. The highest BCUT2D eigenvalue weighted by molar-refractivity contribution is 6.20. The third kappa shape index (κ3) is 3.56. The van der Waals surface area contributed by atoms with Crippen LogP contribution in [0.15, 0.2) is 103 Å². The van der Waals surface area contributed by atoms with Crippen molar-refractivity contribution >= 4 is 34.9 Å². The second kappa shape index (κ2) is 9.73. The number of hydrogen-bond donors (Lipinski definition) is 1. The van der Waals surface area contributed by atoms with Gasteiger partial charge in [0.05, 0.1) is 26.2 Å². The molecular formula is C35H28N2O5. The number of rotatable bonds is 6. The number of hydrogen-bond acceptors (Lipinski definition) is 6. The van der Waals surface area contributed by atoms with E-state index in [2.05, 4.69) is 5.32 Å². The zero-order chi connectivity index (χ0) is 29.0. The van der Waals surface area contributed by atoms with Crippen LogP contribution < -0.4 is 19.7 Å². The molecule has 3 aliphatic heterocycles. The van der Waals surface area contributed by atoms with Crippen LogP contribution in [0, 0.1) is 5.92 Å². The lowest BCUT2D eigenvalue weighted by Gasteiger charge is -2.37. The van der Waals surface area contributed by atoms with E-state index >= 15 is 0 Å². The number of methoxy groups -OCH3 is 2. The minimum absolute atomic E-state index is 0.214. The van der Waals surface area contributed by atoms with E-state index in [0.29, 0.717) is 33.9 Å². The van der Waals surface area contributed by atoms with Gasteiger partial charge >= 0.3 is 0 Å². The fraction of sp³-hybridized carbons (Fsp3) is 0.171. The lowest BCUT2D eigenvalue weighted by molar-refractivity contribution is -0.121. The molecule has 208 valence electrons. The lowest BCUT2D eigenvalue weighted by atomic mass is 9.63. The predicted molar refractivity (Wildman–Crippen MR) is 160 cm³/mol. The maximum atomic E-state index is 14.8. The number of fused-ring (bicyclic) bond motifs is 5. The van der Waals surface area contributed by atoms with Gasteiger partial charge < -0.3 is 19.7 Å². The van der Waals surface area contributed by atoms with Crippen LogP contribution in [0.1, 0.15) is 31.8 Å². The molecule has 1 unspecified atom stereocenters. The topological polar surface area (TPSA) is 84.9 Å². The molecular weight excluding hydrogens is 528 g/mol. The van der Waals surface area contributed by atoms with Gasteiger partial charge in [-0.25, -0.2) is 0 Å². The molecule has 7 nitrogen and oxygen atoms in total. The molecule has 3 aliphatic rings. The van der Waals surface area contributed by atoms with E-state index in [9.17, 15) is 14.4 Å². The number of Topliss-reactive ketones (excluding diaryl/α,β-unsaturated/α-hetero) is 2. The van der Waals surface area contributed by atoms with Crippen LogP contribution >= 0.6 is 0 Å². The number of ether oxygens (including phenoxy) is 2. The van der Waals surface area contributed by atoms with Crippen LogP contribution in [0.5, 0.6) is 11.5 Å². The van der Waals surface area contributed by atoms with E-state index in [0.717, 1.165) is 11.3 Å². The van der Waals surface area contributed by atoms with Gasteiger partial charge in [-0.15, -0.1) is 0 Å². The number of ketones is 2. The highest BCUT2D eigenvalue weighted by Crippen LogP contribution is 2.58. The van der Waals surface area contributed by atoms with Crippen molar-refractivity contribution in [1.29, 1.82) is 0 Å². The van der Waals surface area contributed by atoms with Gasteiger partial charge in [0.1, 0.15) is 23.0 Å². The molecule has 0 saturated carbocycles. The molecule has 42 heavy (non-hydrogen) atoms. The van der Waals surface area contributed by atoms with E-state index in [1.165, 1.54) is 0 Å². The number of carbonyl (C=O) groups is 3. The van der Waals surface area contributed by atoms with Gasteiger partial charge in [-0.1, -0.05) is 48.6 Å².